The van der Waals surface area contributed by atoms with Gasteiger partial charge in [-0.05, 0) is 24.0 Å². The lowest BCUT2D eigenvalue weighted by Gasteiger charge is -2.21. The lowest BCUT2D eigenvalue weighted by molar-refractivity contribution is -0.130. The van der Waals surface area contributed by atoms with Crippen LogP contribution in [0.1, 0.15) is 36.1 Å². The zero-order valence-corrected chi connectivity index (χ0v) is 12.4. The monoisotopic (exact) mass is 299 g/mol. The lowest BCUT2D eigenvalue weighted by Crippen LogP contribution is -2.33. The number of rotatable bonds is 7. The van der Waals surface area contributed by atoms with Crippen molar-refractivity contribution < 1.29 is 15.0 Å². The molecule has 22 heavy (non-hydrogen) atoms. The molecule has 0 saturated carbocycles. The van der Waals surface area contributed by atoms with Gasteiger partial charge in [0, 0.05) is 6.61 Å². The molecule has 116 valence electrons. The van der Waals surface area contributed by atoms with Gasteiger partial charge in [-0.15, -0.1) is 0 Å². The average molecular weight is 299 g/mol. The SMILES string of the molecule is O=C(NC(CCCO)c1ccccc1)C(O)c1ccccc1. The molecule has 3 N–H and O–H groups in total. The topological polar surface area (TPSA) is 69.6 Å². The largest absolute Gasteiger partial charge is 0.396 e. The fraction of sp³-hybridized carbons (Fsp3) is 0.278. The van der Waals surface area contributed by atoms with Crippen LogP contribution in [-0.2, 0) is 4.79 Å². The summed E-state index contributed by atoms with van der Waals surface area (Å²) < 4.78 is 0. The maximum atomic E-state index is 12.3. The normalized spacial score (nSPS) is 13.4. The van der Waals surface area contributed by atoms with Crippen molar-refractivity contribution in [2.24, 2.45) is 0 Å². The molecule has 0 spiro atoms. The minimum absolute atomic E-state index is 0.0699. The van der Waals surface area contributed by atoms with E-state index in [9.17, 15) is 9.90 Å². The van der Waals surface area contributed by atoms with E-state index in [0.717, 1.165) is 5.56 Å². The maximum Gasteiger partial charge on any atom is 0.253 e. The number of nitrogens with one attached hydrogen (secondary N) is 1. The quantitative estimate of drug-likeness (QED) is 0.735. The first-order chi connectivity index (χ1) is 10.7. The zero-order valence-electron chi connectivity index (χ0n) is 12.4. The first kappa shape index (κ1) is 16.2. The van der Waals surface area contributed by atoms with Crippen LogP contribution in [0.4, 0.5) is 0 Å². The van der Waals surface area contributed by atoms with E-state index in [-0.39, 0.29) is 12.6 Å². The van der Waals surface area contributed by atoms with E-state index in [1.54, 1.807) is 24.3 Å². The number of carbonyl (C=O) groups is 1. The highest BCUT2D eigenvalue weighted by Gasteiger charge is 2.21. The number of hydrogen-bond donors (Lipinski definition) is 3. The van der Waals surface area contributed by atoms with E-state index in [2.05, 4.69) is 5.32 Å². The molecule has 4 nitrogen and oxygen atoms in total. The maximum absolute atomic E-state index is 12.3. The van der Waals surface area contributed by atoms with Gasteiger partial charge >= 0.3 is 0 Å². The lowest BCUT2D eigenvalue weighted by atomic mass is 10.0. The molecule has 4 heteroatoms. The zero-order chi connectivity index (χ0) is 15.8. The minimum Gasteiger partial charge on any atom is -0.396 e. The third-order valence-corrected chi connectivity index (χ3v) is 3.53. The van der Waals surface area contributed by atoms with Crippen LogP contribution in [0.5, 0.6) is 0 Å². The molecule has 2 atom stereocenters. The Morgan fingerprint density at radius 2 is 1.50 bits per heavy atom. The predicted octanol–water partition coefficient (Wildman–Crippen LogP) is 2.35. The van der Waals surface area contributed by atoms with E-state index < -0.39 is 12.0 Å². The van der Waals surface area contributed by atoms with Crippen molar-refractivity contribution in [3.05, 3.63) is 71.8 Å². The number of aliphatic hydroxyl groups is 2. The van der Waals surface area contributed by atoms with Gasteiger partial charge in [0.25, 0.3) is 5.91 Å². The minimum atomic E-state index is -1.19. The summed E-state index contributed by atoms with van der Waals surface area (Å²) in [6.45, 7) is 0.0699. The first-order valence-corrected chi connectivity index (χ1v) is 7.41. The molecule has 0 aliphatic rings. The van der Waals surface area contributed by atoms with Crippen molar-refractivity contribution in [3.63, 3.8) is 0 Å². The summed E-state index contributed by atoms with van der Waals surface area (Å²) >= 11 is 0. The molecule has 2 aromatic rings. The predicted molar refractivity (Wildman–Crippen MR) is 85.0 cm³/mol. The molecular formula is C18H21NO3. The van der Waals surface area contributed by atoms with Gasteiger partial charge in [0.15, 0.2) is 6.10 Å². The van der Waals surface area contributed by atoms with Crippen LogP contribution in [0.3, 0.4) is 0 Å². The van der Waals surface area contributed by atoms with E-state index in [1.807, 2.05) is 36.4 Å². The Morgan fingerprint density at radius 1 is 0.955 bits per heavy atom. The van der Waals surface area contributed by atoms with Gasteiger partial charge in [-0.2, -0.15) is 0 Å². The van der Waals surface area contributed by atoms with Gasteiger partial charge in [-0.25, -0.2) is 0 Å². The van der Waals surface area contributed by atoms with Gasteiger partial charge in [-0.1, -0.05) is 60.7 Å². The third-order valence-electron chi connectivity index (χ3n) is 3.53. The standard InChI is InChI=1S/C18H21NO3/c20-13-7-12-16(14-8-3-1-4-9-14)19-18(22)17(21)15-10-5-2-6-11-15/h1-6,8-11,16-17,20-21H,7,12-13H2,(H,19,22). The van der Waals surface area contributed by atoms with E-state index in [1.165, 1.54) is 0 Å². The van der Waals surface area contributed by atoms with Gasteiger partial charge < -0.3 is 15.5 Å². The van der Waals surface area contributed by atoms with Gasteiger partial charge in [-0.3, -0.25) is 4.79 Å². The Hall–Kier alpha value is -2.17. The molecule has 0 aliphatic heterocycles. The Balaban J connectivity index is 2.08. The van der Waals surface area contributed by atoms with Crippen LogP contribution in [0.2, 0.25) is 0 Å². The molecule has 1 amide bonds. The second-order valence-corrected chi connectivity index (χ2v) is 5.15. The molecule has 0 saturated heterocycles. The van der Waals surface area contributed by atoms with Crippen molar-refractivity contribution in [1.82, 2.24) is 5.32 Å². The van der Waals surface area contributed by atoms with Crippen LogP contribution in [0.25, 0.3) is 0 Å². The summed E-state index contributed by atoms with van der Waals surface area (Å²) in [5.41, 5.74) is 1.53. The molecule has 0 fully saturated rings. The van der Waals surface area contributed by atoms with Crippen LogP contribution < -0.4 is 5.32 Å². The van der Waals surface area contributed by atoms with Crippen molar-refractivity contribution in [2.75, 3.05) is 6.61 Å². The molecular weight excluding hydrogens is 278 g/mol. The summed E-state index contributed by atoms with van der Waals surface area (Å²) in [7, 11) is 0. The highest BCUT2D eigenvalue weighted by atomic mass is 16.3. The fourth-order valence-electron chi connectivity index (χ4n) is 2.34. The van der Waals surface area contributed by atoms with Crippen LogP contribution in [0.15, 0.2) is 60.7 Å². The summed E-state index contributed by atoms with van der Waals surface area (Å²) in [5, 5.41) is 22.0. The van der Waals surface area contributed by atoms with Crippen molar-refractivity contribution >= 4 is 5.91 Å². The van der Waals surface area contributed by atoms with Crippen LogP contribution in [-0.4, -0.2) is 22.7 Å². The number of benzene rings is 2. The summed E-state index contributed by atoms with van der Waals surface area (Å²) in [6, 6.07) is 18.2. The summed E-state index contributed by atoms with van der Waals surface area (Å²) in [6.07, 6.45) is 0.0104. The molecule has 0 bridgehead atoms. The Morgan fingerprint density at radius 3 is 2.05 bits per heavy atom. The molecule has 2 aromatic carbocycles. The van der Waals surface area contributed by atoms with E-state index >= 15 is 0 Å². The highest BCUT2D eigenvalue weighted by Crippen LogP contribution is 2.20. The highest BCUT2D eigenvalue weighted by molar-refractivity contribution is 5.82. The van der Waals surface area contributed by atoms with E-state index in [0.29, 0.717) is 18.4 Å². The summed E-state index contributed by atoms with van der Waals surface area (Å²) in [5.74, 6) is -0.432. The molecule has 2 unspecified atom stereocenters. The average Bonchev–Trinajstić information content (AvgIpc) is 2.59. The first-order valence-electron chi connectivity index (χ1n) is 7.41. The molecule has 0 heterocycles. The van der Waals surface area contributed by atoms with Crippen LogP contribution >= 0.6 is 0 Å². The van der Waals surface area contributed by atoms with Crippen molar-refractivity contribution in [3.8, 4) is 0 Å². The smallest absolute Gasteiger partial charge is 0.253 e. The van der Waals surface area contributed by atoms with Gasteiger partial charge in [0.2, 0.25) is 0 Å². The van der Waals surface area contributed by atoms with Gasteiger partial charge in [0.1, 0.15) is 0 Å². The van der Waals surface area contributed by atoms with Gasteiger partial charge in [0.05, 0.1) is 6.04 Å². The number of amides is 1. The molecule has 0 radical (unpaired) electrons. The molecule has 2 rings (SSSR count). The van der Waals surface area contributed by atoms with Crippen molar-refractivity contribution in [1.29, 1.82) is 0 Å². The second-order valence-electron chi connectivity index (χ2n) is 5.15. The van der Waals surface area contributed by atoms with Crippen molar-refractivity contribution in [2.45, 2.75) is 25.0 Å². The Labute approximate surface area is 130 Å². The number of aliphatic hydroxyl groups excluding tert-OH is 2. The third kappa shape index (κ3) is 4.41. The molecule has 0 aromatic heterocycles. The molecule has 0 aliphatic carbocycles. The second kappa shape index (κ2) is 8.32. The van der Waals surface area contributed by atoms with E-state index in [4.69, 9.17) is 5.11 Å². The number of hydrogen-bond acceptors (Lipinski definition) is 3. The summed E-state index contributed by atoms with van der Waals surface area (Å²) in [4.78, 5) is 12.3. The fourth-order valence-corrected chi connectivity index (χ4v) is 2.34. The Bertz CT molecular complexity index is 571. The van der Waals surface area contributed by atoms with Crippen LogP contribution in [0, 0.1) is 0 Å². The Kier molecular flexibility index (Phi) is 6.13. The number of carbonyl (C=O) groups excluding carboxylic acids is 1.